The van der Waals surface area contributed by atoms with Crippen molar-refractivity contribution in [3.63, 3.8) is 0 Å². The van der Waals surface area contributed by atoms with Gasteiger partial charge in [-0.2, -0.15) is 0 Å². The summed E-state index contributed by atoms with van der Waals surface area (Å²) in [5, 5.41) is 2.96. The molecule has 0 unspecified atom stereocenters. The zero-order valence-corrected chi connectivity index (χ0v) is 19.0. The summed E-state index contributed by atoms with van der Waals surface area (Å²) >= 11 is 0. The zero-order chi connectivity index (χ0) is 23.2. The lowest BCUT2D eigenvalue weighted by atomic mass is 9.90. The fraction of sp³-hybridized carbons (Fsp3) is 0.360. The van der Waals surface area contributed by atoms with Crippen molar-refractivity contribution in [2.45, 2.75) is 25.3 Å². The quantitative estimate of drug-likeness (QED) is 0.598. The molecule has 1 atom stereocenters. The Morgan fingerprint density at radius 1 is 1.18 bits per heavy atom. The van der Waals surface area contributed by atoms with E-state index in [2.05, 4.69) is 20.2 Å². The van der Waals surface area contributed by atoms with Crippen molar-refractivity contribution in [3.8, 4) is 11.1 Å². The van der Waals surface area contributed by atoms with E-state index in [-0.39, 0.29) is 17.6 Å². The first-order chi connectivity index (χ1) is 16.0. The molecule has 1 N–H and O–H groups in total. The van der Waals surface area contributed by atoms with Crippen molar-refractivity contribution < 1.29 is 9.18 Å². The lowest BCUT2D eigenvalue weighted by Gasteiger charge is -2.33. The monoisotopic (exact) mass is 448 g/mol. The van der Waals surface area contributed by atoms with Crippen molar-refractivity contribution in [1.29, 1.82) is 0 Å². The first kappa shape index (κ1) is 22.8. The molecule has 0 radical (unpaired) electrons. The minimum Gasteiger partial charge on any atom is -0.349 e. The molecule has 3 aromatic rings. The highest BCUT2D eigenvalue weighted by Gasteiger charge is 2.27. The number of carbonyl (C=O) groups is 1. The third kappa shape index (κ3) is 5.90. The van der Waals surface area contributed by atoms with Crippen LogP contribution >= 0.6 is 0 Å². The summed E-state index contributed by atoms with van der Waals surface area (Å²) in [6, 6.07) is 12.1. The van der Waals surface area contributed by atoms with E-state index in [4.69, 9.17) is 4.98 Å². The Balaban J connectivity index is 1.49. The topological polar surface area (TPSA) is 74.2 Å². The van der Waals surface area contributed by atoms with E-state index in [0.29, 0.717) is 19.0 Å². The zero-order valence-electron chi connectivity index (χ0n) is 19.0. The maximum absolute atomic E-state index is 13.5. The number of halogens is 1. The Bertz CT molecular complexity index is 1070. The van der Waals surface area contributed by atoms with E-state index in [0.717, 1.165) is 48.4 Å². The molecule has 8 heteroatoms. The number of nitrogens with one attached hydrogen (secondary N) is 1. The van der Waals surface area contributed by atoms with Crippen molar-refractivity contribution in [2.24, 2.45) is 0 Å². The van der Waals surface area contributed by atoms with Crippen molar-refractivity contribution in [2.75, 3.05) is 38.6 Å². The largest absolute Gasteiger partial charge is 0.349 e. The van der Waals surface area contributed by atoms with Crippen LogP contribution in [0.25, 0.3) is 11.1 Å². The van der Waals surface area contributed by atoms with Crippen LogP contribution < -0.4 is 10.2 Å². The second kappa shape index (κ2) is 10.5. The van der Waals surface area contributed by atoms with Gasteiger partial charge >= 0.3 is 0 Å². The molecule has 4 rings (SSSR count). The molecule has 1 saturated heterocycles. The van der Waals surface area contributed by atoms with Gasteiger partial charge in [-0.05, 0) is 49.2 Å². The van der Waals surface area contributed by atoms with Crippen LogP contribution in [0.3, 0.4) is 0 Å². The lowest BCUT2D eigenvalue weighted by Crippen LogP contribution is -2.42. The van der Waals surface area contributed by atoms with Crippen LogP contribution in [0.1, 0.15) is 30.1 Å². The summed E-state index contributed by atoms with van der Waals surface area (Å²) in [6.07, 6.45) is 5.50. The number of nitrogens with zero attached hydrogens (tertiary/aromatic N) is 5. The lowest BCUT2D eigenvalue weighted by molar-refractivity contribution is -0.122. The SMILES string of the molecule is CN(C)c1ncc(-c2ccc(F)cc2)c([C@@H]2CCCN(CC(=O)NCc3ccccn3)C2)n1. The number of amides is 1. The average Bonchev–Trinajstić information content (AvgIpc) is 2.84. The highest BCUT2D eigenvalue weighted by molar-refractivity contribution is 5.78. The minimum atomic E-state index is -0.272. The number of rotatable bonds is 7. The molecule has 1 aliphatic heterocycles. The molecule has 1 fully saturated rings. The van der Waals surface area contributed by atoms with E-state index < -0.39 is 0 Å². The molecule has 3 heterocycles. The van der Waals surface area contributed by atoms with Gasteiger partial charge in [0.15, 0.2) is 0 Å². The summed E-state index contributed by atoms with van der Waals surface area (Å²) in [4.78, 5) is 30.2. The summed E-state index contributed by atoms with van der Waals surface area (Å²) in [6.45, 7) is 2.35. The molecule has 33 heavy (non-hydrogen) atoms. The molecule has 0 bridgehead atoms. The smallest absolute Gasteiger partial charge is 0.234 e. The number of anilines is 1. The van der Waals surface area contributed by atoms with Crippen LogP contribution in [0, 0.1) is 5.82 Å². The molecular weight excluding hydrogens is 419 g/mol. The average molecular weight is 449 g/mol. The van der Waals surface area contributed by atoms with Crippen LogP contribution in [0.5, 0.6) is 0 Å². The van der Waals surface area contributed by atoms with Crippen LogP contribution in [-0.4, -0.2) is 59.5 Å². The molecule has 0 aliphatic carbocycles. The number of piperidine rings is 1. The molecule has 0 saturated carbocycles. The van der Waals surface area contributed by atoms with Crippen LogP contribution in [0.15, 0.2) is 54.9 Å². The summed E-state index contributed by atoms with van der Waals surface area (Å²) < 4.78 is 13.5. The van der Waals surface area contributed by atoms with Gasteiger partial charge < -0.3 is 10.2 Å². The molecule has 1 aliphatic rings. The molecule has 1 amide bonds. The predicted octanol–water partition coefficient (Wildman–Crippen LogP) is 3.24. The van der Waals surface area contributed by atoms with E-state index >= 15 is 0 Å². The Morgan fingerprint density at radius 2 is 2.00 bits per heavy atom. The fourth-order valence-electron chi connectivity index (χ4n) is 4.14. The van der Waals surface area contributed by atoms with Gasteiger partial charge in [0.05, 0.1) is 24.5 Å². The molecule has 2 aromatic heterocycles. The number of hydrogen-bond acceptors (Lipinski definition) is 6. The van der Waals surface area contributed by atoms with Gasteiger partial charge in [0.1, 0.15) is 5.82 Å². The van der Waals surface area contributed by atoms with E-state index in [1.54, 1.807) is 18.3 Å². The van der Waals surface area contributed by atoms with Gasteiger partial charge in [-0.25, -0.2) is 14.4 Å². The number of likely N-dealkylation sites (tertiary alicyclic amines) is 1. The molecule has 1 aromatic carbocycles. The number of aromatic nitrogens is 3. The van der Waals surface area contributed by atoms with E-state index in [1.807, 2.05) is 43.4 Å². The van der Waals surface area contributed by atoms with Gasteiger partial charge in [0, 0.05) is 44.5 Å². The standard InChI is InChI=1S/C25H29FN6O/c1-31(2)25-29-15-22(18-8-10-20(26)11-9-18)24(30-25)19-6-5-13-32(16-19)17-23(33)28-14-21-7-3-4-12-27-21/h3-4,7-12,15,19H,5-6,13-14,16-17H2,1-2H3,(H,28,33)/t19-/m1/s1. The van der Waals surface area contributed by atoms with Crippen molar-refractivity contribution >= 4 is 11.9 Å². The van der Waals surface area contributed by atoms with E-state index in [1.165, 1.54) is 12.1 Å². The Morgan fingerprint density at radius 3 is 2.73 bits per heavy atom. The Kier molecular flexibility index (Phi) is 7.24. The molecule has 172 valence electrons. The minimum absolute atomic E-state index is 0.0169. The third-order valence-electron chi connectivity index (χ3n) is 5.81. The van der Waals surface area contributed by atoms with Crippen LogP contribution in [-0.2, 0) is 11.3 Å². The van der Waals surface area contributed by atoms with Crippen molar-refractivity contribution in [3.05, 3.63) is 72.1 Å². The van der Waals surface area contributed by atoms with Crippen molar-refractivity contribution in [1.82, 2.24) is 25.2 Å². The van der Waals surface area contributed by atoms with Gasteiger partial charge in [-0.1, -0.05) is 18.2 Å². The Hall–Kier alpha value is -3.39. The van der Waals surface area contributed by atoms with Gasteiger partial charge in [-0.15, -0.1) is 0 Å². The number of hydrogen-bond donors (Lipinski definition) is 1. The summed E-state index contributed by atoms with van der Waals surface area (Å²) in [7, 11) is 3.82. The highest BCUT2D eigenvalue weighted by atomic mass is 19.1. The number of benzene rings is 1. The number of pyridine rings is 1. The summed E-state index contributed by atoms with van der Waals surface area (Å²) in [5.74, 6) is 0.508. The maximum Gasteiger partial charge on any atom is 0.234 e. The first-order valence-electron chi connectivity index (χ1n) is 11.2. The second-order valence-electron chi connectivity index (χ2n) is 8.54. The van der Waals surface area contributed by atoms with Gasteiger partial charge in [0.25, 0.3) is 0 Å². The second-order valence-corrected chi connectivity index (χ2v) is 8.54. The third-order valence-corrected chi connectivity index (χ3v) is 5.81. The normalized spacial score (nSPS) is 16.4. The Labute approximate surface area is 193 Å². The molecular formula is C25H29FN6O. The molecule has 0 spiro atoms. The highest BCUT2D eigenvalue weighted by Crippen LogP contribution is 2.34. The fourth-order valence-corrected chi connectivity index (χ4v) is 4.14. The van der Waals surface area contributed by atoms with Gasteiger partial charge in [0.2, 0.25) is 11.9 Å². The summed E-state index contributed by atoms with van der Waals surface area (Å²) in [5.41, 5.74) is 3.58. The molecule has 7 nitrogen and oxygen atoms in total. The maximum atomic E-state index is 13.5. The van der Waals surface area contributed by atoms with E-state index in [9.17, 15) is 9.18 Å². The van der Waals surface area contributed by atoms with Crippen LogP contribution in [0.2, 0.25) is 0 Å². The van der Waals surface area contributed by atoms with Crippen LogP contribution in [0.4, 0.5) is 10.3 Å². The first-order valence-corrected chi connectivity index (χ1v) is 11.2. The number of carbonyl (C=O) groups excluding carboxylic acids is 1. The van der Waals surface area contributed by atoms with Gasteiger partial charge in [-0.3, -0.25) is 14.7 Å². The predicted molar refractivity (Wildman–Crippen MR) is 126 cm³/mol.